The van der Waals surface area contributed by atoms with Crippen LogP contribution in [0.3, 0.4) is 0 Å². The largest absolute Gasteiger partial charge is 0.497 e. The van der Waals surface area contributed by atoms with Gasteiger partial charge in [0.05, 0.1) is 12.0 Å². The smallest absolute Gasteiger partial charge is 0.240 e. The summed E-state index contributed by atoms with van der Waals surface area (Å²) >= 11 is 0. The highest BCUT2D eigenvalue weighted by Crippen LogP contribution is 2.19. The van der Waals surface area contributed by atoms with Crippen molar-refractivity contribution in [2.24, 2.45) is 0 Å². The Labute approximate surface area is 146 Å². The number of rotatable bonds is 7. The van der Waals surface area contributed by atoms with Gasteiger partial charge in [-0.25, -0.2) is 17.5 Å². The number of benzene rings is 2. The Bertz CT molecular complexity index is 821. The van der Waals surface area contributed by atoms with Crippen LogP contribution in [0.15, 0.2) is 53.4 Å². The number of hydrogen-bond donors (Lipinski definition) is 1. The van der Waals surface area contributed by atoms with Crippen molar-refractivity contribution in [3.05, 3.63) is 54.3 Å². The Kier molecular flexibility index (Phi) is 6.11. The first kappa shape index (κ1) is 18.9. The van der Waals surface area contributed by atoms with E-state index in [-0.39, 0.29) is 23.9 Å². The zero-order chi connectivity index (χ0) is 18.4. The molecule has 0 fully saturated rings. The van der Waals surface area contributed by atoms with Crippen molar-refractivity contribution < 1.29 is 22.3 Å². The van der Waals surface area contributed by atoms with Crippen molar-refractivity contribution in [2.75, 3.05) is 25.1 Å². The monoisotopic (exact) mass is 366 g/mol. The third-order valence-electron chi connectivity index (χ3n) is 3.52. The van der Waals surface area contributed by atoms with Crippen LogP contribution < -0.4 is 14.4 Å². The second kappa shape index (κ2) is 8.09. The van der Waals surface area contributed by atoms with Crippen molar-refractivity contribution in [2.45, 2.75) is 11.8 Å². The predicted molar refractivity (Wildman–Crippen MR) is 92.6 cm³/mol. The molecule has 0 aliphatic carbocycles. The number of ether oxygens (including phenoxy) is 1. The summed E-state index contributed by atoms with van der Waals surface area (Å²) in [5.41, 5.74) is 0.634. The molecular weight excluding hydrogens is 347 g/mol. The predicted octanol–water partition coefficient (Wildman–Crippen LogP) is 2.17. The molecule has 0 aliphatic heterocycles. The van der Waals surface area contributed by atoms with Gasteiger partial charge in [0.25, 0.3) is 0 Å². The van der Waals surface area contributed by atoms with Gasteiger partial charge in [0, 0.05) is 25.7 Å². The van der Waals surface area contributed by atoms with Crippen LogP contribution >= 0.6 is 0 Å². The van der Waals surface area contributed by atoms with Crippen molar-refractivity contribution >= 4 is 21.6 Å². The summed E-state index contributed by atoms with van der Waals surface area (Å²) in [4.78, 5) is 13.3. The van der Waals surface area contributed by atoms with E-state index in [1.54, 1.807) is 31.4 Å². The second-order valence-corrected chi connectivity index (χ2v) is 6.99. The van der Waals surface area contributed by atoms with Crippen LogP contribution in [0, 0.1) is 5.82 Å². The molecule has 0 saturated carbocycles. The molecule has 0 bridgehead atoms. The molecule has 2 aromatic rings. The molecule has 0 radical (unpaired) electrons. The number of amides is 1. The Hall–Kier alpha value is -2.45. The molecule has 0 aromatic heterocycles. The maximum atomic E-state index is 12.9. The van der Waals surface area contributed by atoms with Gasteiger partial charge in [-0.2, -0.15) is 0 Å². The summed E-state index contributed by atoms with van der Waals surface area (Å²) in [6.07, 6.45) is 0. The molecule has 134 valence electrons. The first-order chi connectivity index (χ1) is 11.8. The lowest BCUT2D eigenvalue weighted by atomic mass is 10.2. The quantitative estimate of drug-likeness (QED) is 0.815. The van der Waals surface area contributed by atoms with Gasteiger partial charge < -0.3 is 9.64 Å². The molecule has 0 heterocycles. The second-order valence-electron chi connectivity index (χ2n) is 5.22. The van der Waals surface area contributed by atoms with Crippen LogP contribution in [0.1, 0.15) is 6.92 Å². The lowest BCUT2D eigenvalue weighted by molar-refractivity contribution is -0.116. The van der Waals surface area contributed by atoms with E-state index in [1.807, 2.05) is 0 Å². The Morgan fingerprint density at radius 3 is 2.24 bits per heavy atom. The Morgan fingerprint density at radius 2 is 1.72 bits per heavy atom. The number of nitrogens with one attached hydrogen (secondary N) is 1. The van der Waals surface area contributed by atoms with E-state index in [4.69, 9.17) is 4.74 Å². The van der Waals surface area contributed by atoms with E-state index in [0.29, 0.717) is 11.4 Å². The summed E-state index contributed by atoms with van der Waals surface area (Å²) in [7, 11) is -2.22. The molecule has 0 aliphatic rings. The number of anilines is 1. The van der Waals surface area contributed by atoms with Crippen LogP contribution in [-0.4, -0.2) is 34.5 Å². The number of nitrogens with zero attached hydrogens (tertiary/aromatic N) is 1. The highest BCUT2D eigenvalue weighted by atomic mass is 32.2. The number of methoxy groups -OCH3 is 1. The van der Waals surface area contributed by atoms with Gasteiger partial charge in [-0.05, 0) is 48.5 Å². The van der Waals surface area contributed by atoms with Gasteiger partial charge in [0.2, 0.25) is 15.9 Å². The molecular formula is C17H19FN2O4S. The number of carbonyl (C=O) groups is 1. The summed E-state index contributed by atoms with van der Waals surface area (Å²) in [5, 5.41) is 0. The highest BCUT2D eigenvalue weighted by Gasteiger charge is 2.16. The highest BCUT2D eigenvalue weighted by molar-refractivity contribution is 7.89. The number of hydrogen-bond acceptors (Lipinski definition) is 4. The van der Waals surface area contributed by atoms with E-state index in [1.165, 1.54) is 24.0 Å². The minimum Gasteiger partial charge on any atom is -0.497 e. The van der Waals surface area contributed by atoms with Crippen LogP contribution in [-0.2, 0) is 14.8 Å². The van der Waals surface area contributed by atoms with Gasteiger partial charge in [0.15, 0.2) is 0 Å². The van der Waals surface area contributed by atoms with Gasteiger partial charge in [0.1, 0.15) is 11.6 Å². The summed E-state index contributed by atoms with van der Waals surface area (Å²) in [5.74, 6) is -0.0726. The first-order valence-electron chi connectivity index (χ1n) is 7.51. The molecule has 2 rings (SSSR count). The van der Waals surface area contributed by atoms with Crippen molar-refractivity contribution in [1.82, 2.24) is 4.72 Å². The number of carbonyl (C=O) groups excluding carboxylic acids is 1. The van der Waals surface area contributed by atoms with E-state index >= 15 is 0 Å². The molecule has 8 heteroatoms. The lowest BCUT2D eigenvalue weighted by Crippen LogP contribution is -2.37. The minimum absolute atomic E-state index is 0.0192. The lowest BCUT2D eigenvalue weighted by Gasteiger charge is -2.21. The number of sulfonamides is 1. The molecule has 2 aromatic carbocycles. The van der Waals surface area contributed by atoms with Crippen molar-refractivity contribution in [1.29, 1.82) is 0 Å². The van der Waals surface area contributed by atoms with Crippen molar-refractivity contribution in [3.63, 3.8) is 0 Å². The van der Waals surface area contributed by atoms with Crippen LogP contribution in [0.5, 0.6) is 5.75 Å². The fraction of sp³-hybridized carbons (Fsp3) is 0.235. The third kappa shape index (κ3) is 5.01. The summed E-state index contributed by atoms with van der Waals surface area (Å²) in [6, 6.07) is 11.4. The zero-order valence-corrected chi connectivity index (χ0v) is 14.7. The van der Waals surface area contributed by atoms with Crippen molar-refractivity contribution in [3.8, 4) is 5.75 Å². The fourth-order valence-electron chi connectivity index (χ4n) is 2.22. The Balaban J connectivity index is 2.03. The Morgan fingerprint density at radius 1 is 1.12 bits per heavy atom. The van der Waals surface area contributed by atoms with E-state index in [0.717, 1.165) is 12.1 Å². The average Bonchev–Trinajstić information content (AvgIpc) is 2.59. The maximum absolute atomic E-state index is 12.9. The zero-order valence-electron chi connectivity index (χ0n) is 13.9. The van der Waals surface area contributed by atoms with E-state index in [9.17, 15) is 17.6 Å². The summed E-state index contributed by atoms with van der Waals surface area (Å²) < 4.78 is 44.7. The first-order valence-corrected chi connectivity index (χ1v) is 8.99. The molecule has 0 saturated heterocycles. The van der Waals surface area contributed by atoms with Gasteiger partial charge in [-0.15, -0.1) is 0 Å². The van der Waals surface area contributed by atoms with Gasteiger partial charge >= 0.3 is 0 Å². The molecule has 6 nitrogen and oxygen atoms in total. The van der Waals surface area contributed by atoms with Gasteiger partial charge in [-0.1, -0.05) is 0 Å². The topological polar surface area (TPSA) is 75.7 Å². The van der Waals surface area contributed by atoms with Gasteiger partial charge in [-0.3, -0.25) is 4.79 Å². The van der Waals surface area contributed by atoms with Crippen LogP contribution in [0.25, 0.3) is 0 Å². The van der Waals surface area contributed by atoms with E-state index in [2.05, 4.69) is 4.72 Å². The molecule has 0 unspecified atom stereocenters. The standard InChI is InChI=1S/C17H19FN2O4S/c1-13(21)20(15-5-7-16(24-2)8-6-15)12-11-19-25(22,23)17-9-3-14(18)4-10-17/h3-10,19H,11-12H2,1-2H3. The SMILES string of the molecule is COc1ccc(N(CCNS(=O)(=O)c2ccc(F)cc2)C(C)=O)cc1. The summed E-state index contributed by atoms with van der Waals surface area (Å²) in [6.45, 7) is 1.58. The minimum atomic E-state index is -3.77. The normalized spacial score (nSPS) is 11.2. The van der Waals surface area contributed by atoms with E-state index < -0.39 is 15.8 Å². The molecule has 1 N–H and O–H groups in total. The van der Waals surface area contributed by atoms with Crippen LogP contribution in [0.4, 0.5) is 10.1 Å². The van der Waals surface area contributed by atoms with Crippen LogP contribution in [0.2, 0.25) is 0 Å². The molecule has 0 spiro atoms. The maximum Gasteiger partial charge on any atom is 0.240 e. The number of halogens is 1. The molecule has 25 heavy (non-hydrogen) atoms. The fourth-order valence-corrected chi connectivity index (χ4v) is 3.24. The third-order valence-corrected chi connectivity index (χ3v) is 4.99. The average molecular weight is 366 g/mol. The molecule has 1 amide bonds. The molecule has 0 atom stereocenters.